The van der Waals surface area contributed by atoms with E-state index in [1.54, 1.807) is 0 Å². The average Bonchev–Trinajstić information content (AvgIpc) is 2.47. The highest BCUT2D eigenvalue weighted by atomic mass is 14.1. The summed E-state index contributed by atoms with van der Waals surface area (Å²) in [5.74, 6) is 0. The fraction of sp³-hybridized carbons (Fsp3) is 0. The van der Waals surface area contributed by atoms with Crippen molar-refractivity contribution in [2.75, 3.05) is 0 Å². The number of allylic oxidation sites excluding steroid dienone is 2. The van der Waals surface area contributed by atoms with Crippen molar-refractivity contribution in [3.05, 3.63) is 65.7 Å². The molecular formula is C18H10B+. The van der Waals surface area contributed by atoms with Crippen molar-refractivity contribution in [2.45, 2.75) is 0 Å². The van der Waals surface area contributed by atoms with E-state index in [1.807, 2.05) is 18.2 Å². The Balaban J connectivity index is 2.31. The highest BCUT2D eigenvalue weighted by Gasteiger charge is 2.15. The van der Waals surface area contributed by atoms with Crippen molar-refractivity contribution < 1.29 is 0 Å². The Kier molecular flexibility index (Phi) is 2.12. The van der Waals surface area contributed by atoms with Crippen LogP contribution < -0.4 is 5.46 Å². The molecule has 0 bridgehead atoms. The molecule has 3 aromatic rings. The first kappa shape index (κ1) is 10.5. The summed E-state index contributed by atoms with van der Waals surface area (Å²) in [7, 11) is 6.16. The van der Waals surface area contributed by atoms with Gasteiger partial charge in [-0.05, 0) is 22.2 Å². The lowest BCUT2D eigenvalue weighted by atomic mass is 9.84. The molecule has 1 aliphatic carbocycles. The molecule has 4 rings (SSSR count). The monoisotopic (exact) mass is 237 g/mol. The molecule has 0 atom stereocenters. The van der Waals surface area contributed by atoms with Gasteiger partial charge in [0.05, 0.1) is 11.6 Å². The summed E-state index contributed by atoms with van der Waals surface area (Å²) in [6, 6.07) is 14.6. The Labute approximate surface area is 113 Å². The number of rotatable bonds is 0. The third-order valence-electron chi connectivity index (χ3n) is 3.71. The van der Waals surface area contributed by atoms with E-state index in [9.17, 15) is 0 Å². The van der Waals surface area contributed by atoms with E-state index in [-0.39, 0.29) is 0 Å². The van der Waals surface area contributed by atoms with Crippen molar-refractivity contribution >= 4 is 47.0 Å². The van der Waals surface area contributed by atoms with Gasteiger partial charge in [-0.3, -0.25) is 0 Å². The lowest BCUT2D eigenvalue weighted by Crippen LogP contribution is -2.04. The van der Waals surface area contributed by atoms with Gasteiger partial charge in [-0.15, -0.1) is 0 Å². The van der Waals surface area contributed by atoms with Gasteiger partial charge in [0.25, 0.3) is 0 Å². The molecule has 0 heterocycles. The molecule has 0 unspecified atom stereocenters. The van der Waals surface area contributed by atoms with Gasteiger partial charge in [-0.1, -0.05) is 35.8 Å². The Morgan fingerprint density at radius 2 is 1.79 bits per heavy atom. The fourth-order valence-electron chi connectivity index (χ4n) is 2.85. The molecule has 0 fully saturated rings. The van der Waals surface area contributed by atoms with Crippen molar-refractivity contribution in [1.29, 1.82) is 0 Å². The van der Waals surface area contributed by atoms with E-state index in [4.69, 9.17) is 7.85 Å². The van der Waals surface area contributed by atoms with Gasteiger partial charge in [0.1, 0.15) is 25.6 Å². The van der Waals surface area contributed by atoms with Gasteiger partial charge in [0.15, 0.2) is 0 Å². The predicted molar refractivity (Wildman–Crippen MR) is 83.6 cm³/mol. The molecule has 3 aromatic carbocycles. The highest BCUT2D eigenvalue weighted by Crippen LogP contribution is 2.32. The zero-order valence-corrected chi connectivity index (χ0v) is 10.4. The Morgan fingerprint density at radius 3 is 2.68 bits per heavy atom. The maximum atomic E-state index is 6.16. The van der Waals surface area contributed by atoms with Gasteiger partial charge >= 0.3 is 0 Å². The molecule has 0 saturated heterocycles. The normalized spacial score (nSPS) is 12.6. The minimum Gasteiger partial charge on any atom is -0.0883 e. The molecule has 19 heavy (non-hydrogen) atoms. The molecule has 2 radical (unpaired) electrons. The first-order valence-corrected chi connectivity index (χ1v) is 6.34. The molecule has 1 aliphatic rings. The second-order valence-corrected chi connectivity index (χ2v) is 4.82. The molecule has 0 saturated carbocycles. The lowest BCUT2D eigenvalue weighted by Gasteiger charge is -2.10. The van der Waals surface area contributed by atoms with Gasteiger partial charge in [-0.25, -0.2) is 0 Å². The van der Waals surface area contributed by atoms with Crippen molar-refractivity contribution in [2.24, 2.45) is 0 Å². The average molecular weight is 237 g/mol. The molecule has 0 spiro atoms. The van der Waals surface area contributed by atoms with Crippen LogP contribution in [0.25, 0.3) is 33.7 Å². The minimum absolute atomic E-state index is 0.838. The van der Waals surface area contributed by atoms with Crippen LogP contribution in [-0.2, 0) is 0 Å². The van der Waals surface area contributed by atoms with Crippen LogP contribution in [0.15, 0.2) is 48.5 Å². The first-order chi connectivity index (χ1) is 9.34. The van der Waals surface area contributed by atoms with Crippen LogP contribution in [0, 0.1) is 6.08 Å². The molecule has 0 N–H and O–H groups in total. The zero-order valence-electron chi connectivity index (χ0n) is 10.4. The molecule has 0 amide bonds. The summed E-state index contributed by atoms with van der Waals surface area (Å²) in [4.78, 5) is 0. The standard InChI is InChI=1S/C18H10B/c19-17-11-13-10-9-12-5-1-2-6-14(12)18(13)16-8-4-3-7-15(16)17/h2-11H/q+1. The maximum absolute atomic E-state index is 6.16. The second-order valence-electron chi connectivity index (χ2n) is 4.82. The van der Waals surface area contributed by atoms with E-state index < -0.39 is 0 Å². The van der Waals surface area contributed by atoms with E-state index in [1.165, 1.54) is 27.3 Å². The molecular weight excluding hydrogens is 227 g/mol. The third kappa shape index (κ3) is 1.46. The van der Waals surface area contributed by atoms with E-state index in [0.717, 1.165) is 10.8 Å². The van der Waals surface area contributed by atoms with Crippen LogP contribution in [0.2, 0.25) is 0 Å². The van der Waals surface area contributed by atoms with E-state index in [2.05, 4.69) is 48.6 Å². The fourth-order valence-corrected chi connectivity index (χ4v) is 2.85. The SMILES string of the molecule is [B]c1cc2ccc3c(c2c2ccccc12)C=C[C+]=C3. The predicted octanol–water partition coefficient (Wildman–Crippen LogP) is 3.63. The highest BCUT2D eigenvalue weighted by molar-refractivity contribution is 6.41. The van der Waals surface area contributed by atoms with Gasteiger partial charge in [0.2, 0.25) is 0 Å². The van der Waals surface area contributed by atoms with Crippen LogP contribution in [0.4, 0.5) is 0 Å². The lowest BCUT2D eigenvalue weighted by molar-refractivity contribution is 1.66. The summed E-state index contributed by atoms with van der Waals surface area (Å²) >= 11 is 0. The Morgan fingerprint density at radius 1 is 0.947 bits per heavy atom. The maximum Gasteiger partial charge on any atom is 0.114 e. The molecule has 0 nitrogen and oxygen atoms in total. The van der Waals surface area contributed by atoms with Crippen LogP contribution in [0.3, 0.4) is 0 Å². The van der Waals surface area contributed by atoms with Crippen molar-refractivity contribution in [3.8, 4) is 0 Å². The second kappa shape index (κ2) is 3.81. The smallest absolute Gasteiger partial charge is 0.0883 e. The summed E-state index contributed by atoms with van der Waals surface area (Å²) < 4.78 is 0. The summed E-state index contributed by atoms with van der Waals surface area (Å²) in [5, 5.41) is 4.80. The Bertz CT molecular complexity index is 870. The van der Waals surface area contributed by atoms with Crippen molar-refractivity contribution in [3.63, 3.8) is 0 Å². The number of hydrogen-bond acceptors (Lipinski definition) is 0. The quantitative estimate of drug-likeness (QED) is 0.318. The van der Waals surface area contributed by atoms with Gasteiger partial charge in [0, 0.05) is 17.5 Å². The molecule has 84 valence electrons. The molecule has 0 aliphatic heterocycles. The number of hydrogen-bond donors (Lipinski definition) is 0. The van der Waals surface area contributed by atoms with Crippen LogP contribution in [0.5, 0.6) is 0 Å². The molecule has 1 heteroatoms. The van der Waals surface area contributed by atoms with Crippen molar-refractivity contribution in [1.82, 2.24) is 0 Å². The third-order valence-corrected chi connectivity index (χ3v) is 3.71. The Hall–Kier alpha value is -2.37. The van der Waals surface area contributed by atoms with E-state index >= 15 is 0 Å². The number of fused-ring (bicyclic) bond motifs is 5. The van der Waals surface area contributed by atoms with Gasteiger partial charge in [-0.2, -0.15) is 0 Å². The largest absolute Gasteiger partial charge is 0.114 e. The minimum atomic E-state index is 0.838. The molecule has 0 aromatic heterocycles. The van der Waals surface area contributed by atoms with Crippen LogP contribution in [-0.4, -0.2) is 7.85 Å². The summed E-state index contributed by atoms with van der Waals surface area (Å²) in [6.07, 6.45) is 9.25. The van der Waals surface area contributed by atoms with Crippen LogP contribution in [0.1, 0.15) is 11.1 Å². The topological polar surface area (TPSA) is 0 Å². The van der Waals surface area contributed by atoms with E-state index in [0.29, 0.717) is 0 Å². The zero-order chi connectivity index (χ0) is 12.8. The van der Waals surface area contributed by atoms with Gasteiger partial charge < -0.3 is 0 Å². The number of benzene rings is 3. The summed E-state index contributed by atoms with van der Waals surface area (Å²) in [6.45, 7) is 0. The van der Waals surface area contributed by atoms with Crippen LogP contribution >= 0.6 is 0 Å². The summed E-state index contributed by atoms with van der Waals surface area (Å²) in [5.41, 5.74) is 3.31. The first-order valence-electron chi connectivity index (χ1n) is 6.34.